The first kappa shape index (κ1) is 15.4. The molecule has 0 fully saturated rings. The normalized spacial score (nSPS) is 10.3. The van der Waals surface area contributed by atoms with E-state index in [4.69, 9.17) is 16.3 Å². The molecule has 0 spiro atoms. The molecule has 3 nitrogen and oxygen atoms in total. The summed E-state index contributed by atoms with van der Waals surface area (Å²) in [5.41, 5.74) is 1.29. The zero-order chi connectivity index (χ0) is 15.2. The van der Waals surface area contributed by atoms with Gasteiger partial charge in [-0.3, -0.25) is 4.68 Å². The maximum absolute atomic E-state index is 13.3. The molecule has 0 unspecified atom stereocenters. The van der Waals surface area contributed by atoms with E-state index in [1.807, 2.05) is 16.9 Å². The second-order valence-corrected chi connectivity index (χ2v) is 5.01. The first-order valence-corrected chi connectivity index (χ1v) is 7.15. The van der Waals surface area contributed by atoms with Crippen LogP contribution in [0.25, 0.3) is 0 Å². The highest BCUT2D eigenvalue weighted by atomic mass is 35.5. The first-order valence-electron chi connectivity index (χ1n) is 6.61. The van der Waals surface area contributed by atoms with Crippen molar-refractivity contribution in [3.63, 3.8) is 0 Å². The Bertz CT molecular complexity index is 670. The Kier molecular flexibility index (Phi) is 5.24. The molecule has 0 aliphatic heterocycles. The summed E-state index contributed by atoms with van der Waals surface area (Å²) in [6, 6.07) is 6.44. The minimum Gasteiger partial charge on any atom is -0.486 e. The summed E-state index contributed by atoms with van der Waals surface area (Å²) in [5.74, 6) is 5.84. The number of ether oxygens (including phenoxy) is 1. The number of rotatable bonds is 4. The quantitative estimate of drug-likeness (QED) is 0.635. The SMILES string of the molecule is CC(C)n1ccc(COc2ccc(F)cc2C#CCCl)n1. The van der Waals surface area contributed by atoms with Crippen molar-refractivity contribution in [1.29, 1.82) is 0 Å². The Morgan fingerprint density at radius 1 is 1.38 bits per heavy atom. The van der Waals surface area contributed by atoms with Crippen LogP contribution in [0.5, 0.6) is 5.75 Å². The van der Waals surface area contributed by atoms with Gasteiger partial charge in [0.15, 0.2) is 0 Å². The van der Waals surface area contributed by atoms with Crippen LogP contribution in [0.15, 0.2) is 30.5 Å². The van der Waals surface area contributed by atoms with Gasteiger partial charge in [0.1, 0.15) is 18.2 Å². The molecule has 2 aromatic rings. The number of hydrogen-bond donors (Lipinski definition) is 0. The van der Waals surface area contributed by atoms with E-state index in [0.29, 0.717) is 24.0 Å². The smallest absolute Gasteiger partial charge is 0.135 e. The van der Waals surface area contributed by atoms with Gasteiger partial charge in [0.2, 0.25) is 0 Å². The van der Waals surface area contributed by atoms with Crippen molar-refractivity contribution in [2.75, 3.05) is 5.88 Å². The van der Waals surface area contributed by atoms with Crippen LogP contribution >= 0.6 is 11.6 Å². The molecule has 0 aliphatic carbocycles. The van der Waals surface area contributed by atoms with Crippen molar-refractivity contribution in [2.45, 2.75) is 26.5 Å². The number of benzene rings is 1. The van der Waals surface area contributed by atoms with E-state index in [1.165, 1.54) is 12.1 Å². The van der Waals surface area contributed by atoms with Crippen LogP contribution in [0.3, 0.4) is 0 Å². The molecule has 0 amide bonds. The zero-order valence-corrected chi connectivity index (χ0v) is 12.7. The number of alkyl halides is 1. The molecule has 0 atom stereocenters. The zero-order valence-electron chi connectivity index (χ0n) is 11.9. The largest absolute Gasteiger partial charge is 0.486 e. The summed E-state index contributed by atoms with van der Waals surface area (Å²) >= 11 is 5.53. The van der Waals surface area contributed by atoms with Crippen molar-refractivity contribution in [2.24, 2.45) is 0 Å². The van der Waals surface area contributed by atoms with Gasteiger partial charge in [0, 0.05) is 12.2 Å². The van der Waals surface area contributed by atoms with Gasteiger partial charge in [-0.05, 0) is 38.1 Å². The molecule has 21 heavy (non-hydrogen) atoms. The monoisotopic (exact) mass is 306 g/mol. The van der Waals surface area contributed by atoms with Gasteiger partial charge in [-0.2, -0.15) is 5.10 Å². The van der Waals surface area contributed by atoms with Gasteiger partial charge in [0.05, 0.1) is 17.1 Å². The lowest BCUT2D eigenvalue weighted by Gasteiger charge is -2.07. The Hall–Kier alpha value is -1.99. The molecular weight excluding hydrogens is 291 g/mol. The summed E-state index contributed by atoms with van der Waals surface area (Å²) < 4.78 is 20.8. The molecule has 1 aromatic carbocycles. The van der Waals surface area contributed by atoms with Gasteiger partial charge in [0.25, 0.3) is 0 Å². The second-order valence-electron chi connectivity index (χ2n) is 4.75. The van der Waals surface area contributed by atoms with Crippen molar-refractivity contribution in [1.82, 2.24) is 9.78 Å². The lowest BCUT2D eigenvalue weighted by atomic mass is 10.2. The summed E-state index contributed by atoms with van der Waals surface area (Å²) in [5, 5.41) is 4.39. The third-order valence-corrected chi connectivity index (χ3v) is 2.93. The minimum absolute atomic E-state index is 0.189. The average molecular weight is 307 g/mol. The molecule has 110 valence electrons. The number of halogens is 2. The Morgan fingerprint density at radius 3 is 2.86 bits per heavy atom. The fourth-order valence-corrected chi connectivity index (χ4v) is 1.81. The predicted molar refractivity (Wildman–Crippen MR) is 80.9 cm³/mol. The van der Waals surface area contributed by atoms with E-state index in [0.717, 1.165) is 5.69 Å². The second kappa shape index (κ2) is 7.14. The standard InChI is InChI=1S/C16H16ClFN2O/c1-12(2)20-9-7-15(19-20)11-21-16-6-5-14(18)10-13(16)4-3-8-17/h5-7,9-10,12H,8,11H2,1-2H3. The van der Waals surface area contributed by atoms with Crippen molar-refractivity contribution in [3.8, 4) is 17.6 Å². The van der Waals surface area contributed by atoms with E-state index in [9.17, 15) is 4.39 Å². The summed E-state index contributed by atoms with van der Waals surface area (Å²) in [7, 11) is 0. The van der Waals surface area contributed by atoms with E-state index in [2.05, 4.69) is 30.8 Å². The summed E-state index contributed by atoms with van der Waals surface area (Å²) in [6.45, 7) is 4.41. The molecular formula is C16H16ClFN2O. The average Bonchev–Trinajstić information content (AvgIpc) is 2.93. The lowest BCUT2D eigenvalue weighted by molar-refractivity contribution is 0.297. The van der Waals surface area contributed by atoms with Gasteiger partial charge < -0.3 is 4.74 Å². The first-order chi connectivity index (χ1) is 10.1. The third-order valence-electron chi connectivity index (χ3n) is 2.80. The van der Waals surface area contributed by atoms with Crippen LogP contribution in [0.1, 0.15) is 31.1 Å². The maximum Gasteiger partial charge on any atom is 0.135 e. The molecule has 2 rings (SSSR count). The Labute approximate surface area is 128 Å². The van der Waals surface area contributed by atoms with Gasteiger partial charge in [-0.25, -0.2) is 4.39 Å². The molecule has 0 aliphatic rings. The molecule has 1 heterocycles. The van der Waals surface area contributed by atoms with Crippen molar-refractivity contribution < 1.29 is 9.13 Å². The molecule has 0 saturated heterocycles. The van der Waals surface area contributed by atoms with Crippen LogP contribution in [0.2, 0.25) is 0 Å². The summed E-state index contributed by atoms with van der Waals surface area (Å²) in [4.78, 5) is 0. The topological polar surface area (TPSA) is 27.1 Å². The van der Waals surface area contributed by atoms with Gasteiger partial charge in [-0.1, -0.05) is 11.8 Å². The van der Waals surface area contributed by atoms with Crippen molar-refractivity contribution >= 4 is 11.6 Å². The fraction of sp³-hybridized carbons (Fsp3) is 0.312. The number of hydrogen-bond acceptors (Lipinski definition) is 2. The Morgan fingerprint density at radius 2 is 2.19 bits per heavy atom. The molecule has 0 N–H and O–H groups in total. The van der Waals surface area contributed by atoms with Crippen LogP contribution in [-0.2, 0) is 6.61 Å². The van der Waals surface area contributed by atoms with Crippen LogP contribution < -0.4 is 4.74 Å². The van der Waals surface area contributed by atoms with Gasteiger partial charge in [-0.15, -0.1) is 11.6 Å². The molecule has 0 saturated carbocycles. The van der Waals surface area contributed by atoms with Gasteiger partial charge >= 0.3 is 0 Å². The minimum atomic E-state index is -0.356. The molecule has 0 radical (unpaired) electrons. The van der Waals surface area contributed by atoms with E-state index in [-0.39, 0.29) is 11.7 Å². The summed E-state index contributed by atoms with van der Waals surface area (Å²) in [6.07, 6.45) is 1.90. The fourth-order valence-electron chi connectivity index (χ4n) is 1.75. The van der Waals surface area contributed by atoms with E-state index >= 15 is 0 Å². The van der Waals surface area contributed by atoms with Crippen LogP contribution in [0.4, 0.5) is 4.39 Å². The molecule has 1 aromatic heterocycles. The highest BCUT2D eigenvalue weighted by Gasteiger charge is 2.06. The number of nitrogens with zero attached hydrogens (tertiary/aromatic N) is 2. The molecule has 5 heteroatoms. The van der Waals surface area contributed by atoms with E-state index in [1.54, 1.807) is 6.07 Å². The molecule has 0 bridgehead atoms. The number of aromatic nitrogens is 2. The lowest BCUT2D eigenvalue weighted by Crippen LogP contribution is -2.04. The predicted octanol–water partition coefficient (Wildman–Crippen LogP) is 3.77. The van der Waals surface area contributed by atoms with Crippen LogP contribution in [0, 0.1) is 17.7 Å². The highest BCUT2D eigenvalue weighted by Crippen LogP contribution is 2.20. The Balaban J connectivity index is 2.11. The van der Waals surface area contributed by atoms with Crippen molar-refractivity contribution in [3.05, 3.63) is 47.5 Å². The van der Waals surface area contributed by atoms with Crippen LogP contribution in [-0.4, -0.2) is 15.7 Å². The third kappa shape index (κ3) is 4.24. The maximum atomic E-state index is 13.3. The van der Waals surface area contributed by atoms with E-state index < -0.39 is 0 Å². The highest BCUT2D eigenvalue weighted by molar-refractivity contribution is 6.19.